The van der Waals surface area contributed by atoms with E-state index in [1.807, 2.05) is 39.0 Å². The summed E-state index contributed by atoms with van der Waals surface area (Å²) in [5, 5.41) is 11.3. The van der Waals surface area contributed by atoms with E-state index in [-0.39, 0.29) is 12.1 Å². The molecule has 1 saturated heterocycles. The number of benzene rings is 1. The van der Waals surface area contributed by atoms with Crippen LogP contribution in [0.1, 0.15) is 51.2 Å². The van der Waals surface area contributed by atoms with Gasteiger partial charge in [0.2, 0.25) is 0 Å². The highest BCUT2D eigenvalue weighted by Crippen LogP contribution is 2.44. The first kappa shape index (κ1) is 15.3. The number of aliphatic hydroxyl groups is 1. The molecule has 2 aliphatic rings. The standard InChI is InChI=1S/C18H25NO3/c1-17(2,3)22-16(20)19-12-6-9-15(19)18(21)11-10-13-7-4-5-8-14(13)18/h4-5,7-8,15,21H,6,9-12H2,1-3H3/t15-,18?/m0/s1. The monoisotopic (exact) mass is 303 g/mol. The molecule has 120 valence electrons. The van der Waals surface area contributed by atoms with E-state index < -0.39 is 11.2 Å². The molecule has 4 heteroatoms. The number of ether oxygens (including phenoxy) is 1. The van der Waals surface area contributed by atoms with Crippen LogP contribution in [0.4, 0.5) is 4.79 Å². The third-order valence-corrected chi connectivity index (χ3v) is 4.69. The van der Waals surface area contributed by atoms with Crippen LogP contribution in [0.25, 0.3) is 0 Å². The molecular formula is C18H25NO3. The summed E-state index contributed by atoms with van der Waals surface area (Å²) in [6, 6.07) is 7.84. The summed E-state index contributed by atoms with van der Waals surface area (Å²) in [6.07, 6.45) is 2.97. The van der Waals surface area contributed by atoms with E-state index in [2.05, 4.69) is 6.07 Å². The minimum absolute atomic E-state index is 0.189. The first-order chi connectivity index (χ1) is 10.3. The number of aryl methyl sites for hydroxylation is 1. The Labute approximate surface area is 132 Å². The first-order valence-electron chi connectivity index (χ1n) is 8.12. The van der Waals surface area contributed by atoms with Crippen LogP contribution < -0.4 is 0 Å². The van der Waals surface area contributed by atoms with Gasteiger partial charge in [-0.1, -0.05) is 24.3 Å². The fourth-order valence-electron chi connectivity index (χ4n) is 3.77. The highest BCUT2D eigenvalue weighted by molar-refractivity contribution is 5.69. The van der Waals surface area contributed by atoms with Gasteiger partial charge in [0.25, 0.3) is 0 Å². The van der Waals surface area contributed by atoms with E-state index in [4.69, 9.17) is 4.74 Å². The van der Waals surface area contributed by atoms with Gasteiger partial charge >= 0.3 is 6.09 Å². The Hall–Kier alpha value is -1.55. The lowest BCUT2D eigenvalue weighted by molar-refractivity contribution is -0.0471. The fraction of sp³-hybridized carbons (Fsp3) is 0.611. The molecule has 1 unspecified atom stereocenters. The molecule has 1 aromatic rings. The highest BCUT2D eigenvalue weighted by Gasteiger charge is 2.49. The lowest BCUT2D eigenvalue weighted by atomic mass is 9.86. The largest absolute Gasteiger partial charge is 0.444 e. The van der Waals surface area contributed by atoms with Crippen molar-refractivity contribution in [3.05, 3.63) is 35.4 Å². The molecule has 2 atom stereocenters. The summed E-state index contributed by atoms with van der Waals surface area (Å²) in [6.45, 7) is 6.27. The number of rotatable bonds is 1. The lowest BCUT2D eigenvalue weighted by Gasteiger charge is -2.37. The zero-order chi connectivity index (χ0) is 16.0. The summed E-state index contributed by atoms with van der Waals surface area (Å²) in [5.74, 6) is 0. The van der Waals surface area contributed by atoms with Gasteiger partial charge in [-0.2, -0.15) is 0 Å². The van der Waals surface area contributed by atoms with Crippen molar-refractivity contribution in [3.63, 3.8) is 0 Å². The van der Waals surface area contributed by atoms with Crippen LogP contribution in [0.15, 0.2) is 24.3 Å². The summed E-state index contributed by atoms with van der Waals surface area (Å²) in [5.41, 5.74) is 0.723. The maximum absolute atomic E-state index is 12.5. The van der Waals surface area contributed by atoms with Crippen molar-refractivity contribution >= 4 is 6.09 Å². The quantitative estimate of drug-likeness (QED) is 0.866. The molecule has 1 aliphatic heterocycles. The molecular weight excluding hydrogens is 278 g/mol. The molecule has 22 heavy (non-hydrogen) atoms. The van der Waals surface area contributed by atoms with Crippen molar-refractivity contribution in [2.24, 2.45) is 0 Å². The van der Waals surface area contributed by atoms with Crippen molar-refractivity contribution in [2.45, 2.75) is 63.7 Å². The average molecular weight is 303 g/mol. The Morgan fingerprint density at radius 2 is 2.09 bits per heavy atom. The summed E-state index contributed by atoms with van der Waals surface area (Å²) in [4.78, 5) is 14.2. The van der Waals surface area contributed by atoms with E-state index in [9.17, 15) is 9.90 Å². The van der Waals surface area contributed by atoms with Gasteiger partial charge in [0.15, 0.2) is 0 Å². The maximum atomic E-state index is 12.5. The second-order valence-electron chi connectivity index (χ2n) is 7.41. The Morgan fingerprint density at radius 3 is 2.82 bits per heavy atom. The van der Waals surface area contributed by atoms with Crippen LogP contribution in [-0.2, 0) is 16.8 Å². The summed E-state index contributed by atoms with van der Waals surface area (Å²) >= 11 is 0. The summed E-state index contributed by atoms with van der Waals surface area (Å²) in [7, 11) is 0. The molecule has 0 radical (unpaired) electrons. The van der Waals surface area contributed by atoms with Gasteiger partial charge in [-0.15, -0.1) is 0 Å². The van der Waals surface area contributed by atoms with Crippen LogP contribution in [0.5, 0.6) is 0 Å². The Kier molecular flexibility index (Phi) is 3.68. The normalized spacial score (nSPS) is 27.8. The predicted octanol–water partition coefficient (Wildman–Crippen LogP) is 3.22. The Bertz CT molecular complexity index is 578. The first-order valence-corrected chi connectivity index (χ1v) is 8.12. The van der Waals surface area contributed by atoms with Gasteiger partial charge < -0.3 is 14.7 Å². The number of carbonyl (C=O) groups is 1. The van der Waals surface area contributed by atoms with Crippen LogP contribution in [-0.4, -0.2) is 34.3 Å². The average Bonchev–Trinajstić information content (AvgIpc) is 3.04. The third kappa shape index (κ3) is 2.60. The number of amides is 1. The van der Waals surface area contributed by atoms with E-state index >= 15 is 0 Å². The van der Waals surface area contributed by atoms with E-state index in [0.29, 0.717) is 13.0 Å². The van der Waals surface area contributed by atoms with Gasteiger partial charge in [-0.3, -0.25) is 0 Å². The van der Waals surface area contributed by atoms with Crippen molar-refractivity contribution in [3.8, 4) is 0 Å². The minimum Gasteiger partial charge on any atom is -0.444 e. The third-order valence-electron chi connectivity index (χ3n) is 4.69. The molecule has 4 nitrogen and oxygen atoms in total. The number of fused-ring (bicyclic) bond motifs is 1. The molecule has 1 fully saturated rings. The smallest absolute Gasteiger partial charge is 0.410 e. The number of carbonyl (C=O) groups excluding carboxylic acids is 1. The van der Waals surface area contributed by atoms with Gasteiger partial charge in [0.1, 0.15) is 11.2 Å². The Balaban J connectivity index is 1.86. The lowest BCUT2D eigenvalue weighted by Crippen LogP contribution is -2.50. The number of hydrogen-bond acceptors (Lipinski definition) is 3. The number of hydrogen-bond donors (Lipinski definition) is 1. The van der Waals surface area contributed by atoms with Crippen molar-refractivity contribution < 1.29 is 14.6 Å². The van der Waals surface area contributed by atoms with Crippen molar-refractivity contribution in [1.29, 1.82) is 0 Å². The van der Waals surface area contributed by atoms with Crippen molar-refractivity contribution in [1.82, 2.24) is 4.90 Å². The van der Waals surface area contributed by atoms with Gasteiger partial charge in [0.05, 0.1) is 6.04 Å². The van der Waals surface area contributed by atoms with Gasteiger partial charge in [-0.25, -0.2) is 4.79 Å². The molecule has 0 bridgehead atoms. The molecule has 1 heterocycles. The van der Waals surface area contributed by atoms with Crippen LogP contribution in [0.3, 0.4) is 0 Å². The zero-order valence-electron chi connectivity index (χ0n) is 13.6. The van der Waals surface area contributed by atoms with E-state index in [1.165, 1.54) is 5.56 Å². The molecule has 0 spiro atoms. The molecule has 0 saturated carbocycles. The number of likely N-dealkylation sites (tertiary alicyclic amines) is 1. The molecule has 0 aromatic heterocycles. The molecule has 1 aliphatic carbocycles. The second-order valence-corrected chi connectivity index (χ2v) is 7.41. The van der Waals surface area contributed by atoms with Crippen LogP contribution in [0.2, 0.25) is 0 Å². The molecule has 1 N–H and O–H groups in total. The number of nitrogens with zero attached hydrogens (tertiary/aromatic N) is 1. The van der Waals surface area contributed by atoms with Crippen LogP contribution >= 0.6 is 0 Å². The molecule has 3 rings (SSSR count). The fourth-order valence-corrected chi connectivity index (χ4v) is 3.77. The Morgan fingerprint density at radius 1 is 1.36 bits per heavy atom. The molecule has 1 aromatic carbocycles. The maximum Gasteiger partial charge on any atom is 0.410 e. The zero-order valence-corrected chi connectivity index (χ0v) is 13.6. The topological polar surface area (TPSA) is 49.8 Å². The predicted molar refractivity (Wildman–Crippen MR) is 84.6 cm³/mol. The van der Waals surface area contributed by atoms with E-state index in [0.717, 1.165) is 24.8 Å². The van der Waals surface area contributed by atoms with Gasteiger partial charge in [-0.05, 0) is 57.6 Å². The highest BCUT2D eigenvalue weighted by atomic mass is 16.6. The SMILES string of the molecule is CC(C)(C)OC(=O)N1CCC[C@H]1C1(O)CCc2ccccc21. The second kappa shape index (κ2) is 5.27. The summed E-state index contributed by atoms with van der Waals surface area (Å²) < 4.78 is 5.52. The minimum atomic E-state index is -0.940. The van der Waals surface area contributed by atoms with Crippen molar-refractivity contribution in [2.75, 3.05) is 6.54 Å². The van der Waals surface area contributed by atoms with E-state index in [1.54, 1.807) is 4.90 Å². The molecule has 1 amide bonds. The van der Waals surface area contributed by atoms with Gasteiger partial charge in [0, 0.05) is 6.54 Å². The van der Waals surface area contributed by atoms with Crippen LogP contribution in [0, 0.1) is 0 Å².